The first-order chi connectivity index (χ1) is 12.0. The summed E-state index contributed by atoms with van der Waals surface area (Å²) >= 11 is 0. The first kappa shape index (κ1) is 15.7. The Morgan fingerprint density at radius 2 is 1.92 bits per heavy atom. The van der Waals surface area contributed by atoms with Crippen LogP contribution in [-0.2, 0) is 24.2 Å². The average Bonchev–Trinajstić information content (AvgIpc) is 2.78. The monoisotopic (exact) mass is 336 g/mol. The van der Waals surface area contributed by atoms with Crippen LogP contribution in [-0.4, -0.2) is 32.3 Å². The second kappa shape index (κ2) is 5.65. The fourth-order valence-electron chi connectivity index (χ4n) is 3.88. The van der Waals surface area contributed by atoms with Crippen molar-refractivity contribution in [1.29, 1.82) is 0 Å². The van der Waals surface area contributed by atoms with Gasteiger partial charge in [0.1, 0.15) is 11.4 Å². The highest BCUT2D eigenvalue weighted by molar-refractivity contribution is 6.07. The van der Waals surface area contributed by atoms with Gasteiger partial charge in [-0.15, -0.1) is 0 Å². The van der Waals surface area contributed by atoms with E-state index in [0.29, 0.717) is 24.4 Å². The van der Waals surface area contributed by atoms with Gasteiger partial charge in [0.25, 0.3) is 5.91 Å². The molecule has 0 radical (unpaired) electrons. The van der Waals surface area contributed by atoms with Crippen LogP contribution in [0.5, 0.6) is 0 Å². The summed E-state index contributed by atoms with van der Waals surface area (Å²) in [4.78, 5) is 35.4. The molecule has 1 N–H and O–H groups in total. The van der Waals surface area contributed by atoms with E-state index >= 15 is 0 Å². The zero-order valence-corrected chi connectivity index (χ0v) is 14.4. The number of benzene rings is 1. The van der Waals surface area contributed by atoms with Crippen molar-refractivity contribution in [2.45, 2.75) is 45.2 Å². The highest BCUT2D eigenvalue weighted by atomic mass is 16.2. The number of aryl methyl sites for hydroxylation is 3. The van der Waals surface area contributed by atoms with Gasteiger partial charge in [-0.05, 0) is 43.9 Å². The fourth-order valence-corrected chi connectivity index (χ4v) is 3.88. The summed E-state index contributed by atoms with van der Waals surface area (Å²) in [5.74, 6) is 0.490. The Bertz CT molecular complexity index is 859. The molecular formula is C19H20N4O2. The Labute approximate surface area is 146 Å². The maximum atomic E-state index is 13.1. The third-order valence-electron chi connectivity index (χ3n) is 5.02. The highest BCUT2D eigenvalue weighted by Gasteiger charge is 2.52. The van der Waals surface area contributed by atoms with Crippen LogP contribution >= 0.6 is 0 Å². The number of carbonyl (C=O) groups is 2. The molecule has 3 amide bonds. The van der Waals surface area contributed by atoms with Crippen LogP contribution in [0.2, 0.25) is 0 Å². The molecule has 0 unspecified atom stereocenters. The molecule has 1 aromatic heterocycles. The van der Waals surface area contributed by atoms with Crippen molar-refractivity contribution in [1.82, 2.24) is 20.2 Å². The molecule has 1 atom stereocenters. The average molecular weight is 336 g/mol. The third kappa shape index (κ3) is 2.67. The minimum Gasteiger partial charge on any atom is -0.323 e. The van der Waals surface area contributed by atoms with Crippen LogP contribution in [0.15, 0.2) is 30.3 Å². The van der Waals surface area contributed by atoms with Gasteiger partial charge in [0.2, 0.25) is 0 Å². The van der Waals surface area contributed by atoms with Crippen LogP contribution < -0.4 is 5.32 Å². The molecule has 1 fully saturated rings. The van der Waals surface area contributed by atoms with E-state index in [4.69, 9.17) is 0 Å². The molecule has 0 bridgehead atoms. The Morgan fingerprint density at radius 3 is 2.68 bits per heavy atom. The summed E-state index contributed by atoms with van der Waals surface area (Å²) in [5, 5.41) is 2.95. The van der Waals surface area contributed by atoms with Gasteiger partial charge in [-0.2, -0.15) is 0 Å². The lowest BCUT2D eigenvalue weighted by Gasteiger charge is -2.32. The molecular weight excluding hydrogens is 316 g/mol. The lowest BCUT2D eigenvalue weighted by atomic mass is 9.78. The van der Waals surface area contributed by atoms with Crippen LogP contribution in [0.3, 0.4) is 0 Å². The maximum absolute atomic E-state index is 13.1. The second-order valence-corrected chi connectivity index (χ2v) is 6.90. The van der Waals surface area contributed by atoms with E-state index in [1.165, 1.54) is 10.5 Å². The molecule has 2 aliphatic rings. The summed E-state index contributed by atoms with van der Waals surface area (Å²) in [6, 6.07) is 9.59. The molecule has 2 aromatic rings. The highest BCUT2D eigenvalue weighted by Crippen LogP contribution is 2.34. The molecule has 1 spiro atoms. The van der Waals surface area contributed by atoms with Crippen molar-refractivity contribution in [3.63, 3.8) is 0 Å². The lowest BCUT2D eigenvalue weighted by Crippen LogP contribution is -2.51. The van der Waals surface area contributed by atoms with E-state index in [-0.39, 0.29) is 18.5 Å². The quantitative estimate of drug-likeness (QED) is 0.852. The lowest BCUT2D eigenvalue weighted by molar-refractivity contribution is -0.132. The van der Waals surface area contributed by atoms with Gasteiger partial charge < -0.3 is 5.32 Å². The number of amides is 3. The molecule has 4 rings (SSSR count). The number of hydrogen-bond donors (Lipinski definition) is 1. The molecule has 0 saturated carbocycles. The Morgan fingerprint density at radius 1 is 1.16 bits per heavy atom. The summed E-state index contributed by atoms with van der Waals surface area (Å²) in [6.07, 6.45) is 1.97. The van der Waals surface area contributed by atoms with Crippen molar-refractivity contribution in [3.05, 3.63) is 58.7 Å². The van der Waals surface area contributed by atoms with Crippen molar-refractivity contribution in [3.8, 4) is 0 Å². The molecule has 25 heavy (non-hydrogen) atoms. The van der Waals surface area contributed by atoms with Gasteiger partial charge in [-0.3, -0.25) is 9.69 Å². The normalized spacial score (nSPS) is 22.2. The fraction of sp³-hybridized carbons (Fsp3) is 0.368. The SMILES string of the molecule is Cc1cc(CN2C(=O)N[C@]3(CCc4ccccc4C3)C2=O)nc(C)n1. The van der Waals surface area contributed by atoms with Gasteiger partial charge >= 0.3 is 6.03 Å². The number of nitrogens with one attached hydrogen (secondary N) is 1. The van der Waals surface area contributed by atoms with Gasteiger partial charge in [-0.1, -0.05) is 24.3 Å². The number of carbonyl (C=O) groups excluding carboxylic acids is 2. The van der Waals surface area contributed by atoms with Crippen molar-refractivity contribution in [2.75, 3.05) is 0 Å². The molecule has 2 heterocycles. The van der Waals surface area contributed by atoms with Crippen LogP contribution in [0, 0.1) is 13.8 Å². The molecule has 1 aromatic carbocycles. The number of nitrogens with zero attached hydrogens (tertiary/aromatic N) is 3. The Balaban J connectivity index is 1.61. The Hall–Kier alpha value is -2.76. The molecule has 6 nitrogen and oxygen atoms in total. The summed E-state index contributed by atoms with van der Waals surface area (Å²) in [5.41, 5.74) is 3.09. The van der Waals surface area contributed by atoms with E-state index in [2.05, 4.69) is 21.4 Å². The number of aromatic nitrogens is 2. The predicted octanol–water partition coefficient (Wildman–Crippen LogP) is 2.07. The van der Waals surface area contributed by atoms with E-state index in [1.807, 2.05) is 38.1 Å². The van der Waals surface area contributed by atoms with Crippen LogP contribution in [0.4, 0.5) is 4.79 Å². The minimum atomic E-state index is -0.817. The predicted molar refractivity (Wildman–Crippen MR) is 91.8 cm³/mol. The van der Waals surface area contributed by atoms with Crippen molar-refractivity contribution < 1.29 is 9.59 Å². The minimum absolute atomic E-state index is 0.152. The first-order valence-electron chi connectivity index (χ1n) is 8.49. The topological polar surface area (TPSA) is 75.2 Å². The van der Waals surface area contributed by atoms with Crippen LogP contribution in [0.1, 0.15) is 34.8 Å². The zero-order chi connectivity index (χ0) is 17.6. The first-order valence-corrected chi connectivity index (χ1v) is 8.49. The van der Waals surface area contributed by atoms with Crippen molar-refractivity contribution >= 4 is 11.9 Å². The summed E-state index contributed by atoms with van der Waals surface area (Å²) < 4.78 is 0. The van der Waals surface area contributed by atoms with Gasteiger partial charge in [0.05, 0.1) is 12.2 Å². The van der Waals surface area contributed by atoms with Gasteiger partial charge in [0.15, 0.2) is 0 Å². The van der Waals surface area contributed by atoms with E-state index < -0.39 is 5.54 Å². The van der Waals surface area contributed by atoms with E-state index in [9.17, 15) is 9.59 Å². The van der Waals surface area contributed by atoms with E-state index in [0.717, 1.165) is 17.7 Å². The molecule has 6 heteroatoms. The number of imide groups is 1. The smallest absolute Gasteiger partial charge is 0.323 e. The molecule has 1 aliphatic heterocycles. The molecule has 1 aliphatic carbocycles. The second-order valence-electron chi connectivity index (χ2n) is 6.90. The number of rotatable bonds is 2. The number of hydrogen-bond acceptors (Lipinski definition) is 4. The maximum Gasteiger partial charge on any atom is 0.325 e. The molecule has 1 saturated heterocycles. The van der Waals surface area contributed by atoms with Crippen LogP contribution in [0.25, 0.3) is 0 Å². The van der Waals surface area contributed by atoms with Gasteiger partial charge in [0, 0.05) is 12.1 Å². The largest absolute Gasteiger partial charge is 0.325 e. The summed E-state index contributed by atoms with van der Waals surface area (Å²) in [7, 11) is 0. The standard InChI is InChI=1S/C19H20N4O2/c1-12-9-16(21-13(2)20-12)11-23-17(24)19(22-18(23)25)8-7-14-5-3-4-6-15(14)10-19/h3-6,9H,7-8,10-11H2,1-2H3,(H,22,25)/t19-/m0/s1. The summed E-state index contributed by atoms with van der Waals surface area (Å²) in [6.45, 7) is 3.86. The number of fused-ring (bicyclic) bond motifs is 1. The van der Waals surface area contributed by atoms with Gasteiger partial charge in [-0.25, -0.2) is 14.8 Å². The van der Waals surface area contributed by atoms with Crippen molar-refractivity contribution in [2.24, 2.45) is 0 Å². The molecule has 128 valence electrons. The Kier molecular flexibility index (Phi) is 3.56. The number of urea groups is 1. The zero-order valence-electron chi connectivity index (χ0n) is 14.4. The van der Waals surface area contributed by atoms with E-state index in [1.54, 1.807) is 0 Å². The third-order valence-corrected chi connectivity index (χ3v) is 5.02.